The summed E-state index contributed by atoms with van der Waals surface area (Å²) in [5.41, 5.74) is 4.31. The first-order chi connectivity index (χ1) is 11.9. The third-order valence-corrected chi connectivity index (χ3v) is 8.16. The summed E-state index contributed by atoms with van der Waals surface area (Å²) >= 11 is 0. The molecule has 3 rings (SSSR count). The Balaban J connectivity index is 2.41. The number of benzene rings is 1. The van der Waals surface area contributed by atoms with E-state index in [-0.39, 0.29) is 29.4 Å². The summed E-state index contributed by atoms with van der Waals surface area (Å²) in [5.74, 6) is -0.0920. The molecule has 0 aromatic heterocycles. The second-order valence-electron chi connectivity index (χ2n) is 7.06. The zero-order valence-corrected chi connectivity index (χ0v) is 15.4. The van der Waals surface area contributed by atoms with Crippen LogP contribution in [-0.4, -0.2) is 41.8 Å². The van der Waals surface area contributed by atoms with Crippen LogP contribution in [0.25, 0.3) is 0 Å². The number of anilines is 1. The van der Waals surface area contributed by atoms with Crippen LogP contribution < -0.4 is 15.8 Å². The molecule has 8 nitrogen and oxygen atoms in total. The molecule has 1 unspecified atom stereocenters. The molecule has 2 aliphatic rings. The maximum atomic E-state index is 16.3. The van der Waals surface area contributed by atoms with E-state index in [2.05, 4.69) is 4.99 Å². The van der Waals surface area contributed by atoms with E-state index in [1.54, 1.807) is 6.07 Å². The van der Waals surface area contributed by atoms with Gasteiger partial charge in [-0.05, 0) is 39.0 Å². The van der Waals surface area contributed by atoms with Crippen molar-refractivity contribution in [2.75, 3.05) is 12.3 Å². The molecule has 0 saturated heterocycles. The minimum absolute atomic E-state index is 0.154. The van der Waals surface area contributed by atoms with E-state index in [4.69, 9.17) is 15.6 Å². The lowest BCUT2D eigenvalue weighted by atomic mass is 9.84. The van der Waals surface area contributed by atoms with Gasteiger partial charge in [0.15, 0.2) is 9.84 Å². The summed E-state index contributed by atoms with van der Waals surface area (Å²) in [5, 5.41) is 8.30. The van der Waals surface area contributed by atoms with Gasteiger partial charge in [0.05, 0.1) is 6.61 Å². The second kappa shape index (κ2) is 5.32. The number of nitrogens with two attached hydrogens (primary N) is 1. The third kappa shape index (κ3) is 2.14. The molecule has 4 N–H and O–H groups in total. The van der Waals surface area contributed by atoms with Gasteiger partial charge in [-0.2, -0.15) is 0 Å². The smallest absolute Gasteiger partial charge is 0.410 e. The number of rotatable bonds is 0. The summed E-state index contributed by atoms with van der Waals surface area (Å²) in [7, 11) is -4.54. The molecular formula is C16H20FN3O5S. The summed E-state index contributed by atoms with van der Waals surface area (Å²) in [6.07, 6.45) is -1.94. The predicted molar refractivity (Wildman–Crippen MR) is 93.8 cm³/mol. The van der Waals surface area contributed by atoms with Crippen LogP contribution >= 0.6 is 0 Å². The van der Waals surface area contributed by atoms with Crippen molar-refractivity contribution in [3.63, 3.8) is 0 Å². The normalized spacial score (nSPS) is 31.5. The van der Waals surface area contributed by atoms with Crippen molar-refractivity contribution in [2.45, 2.75) is 42.5 Å². The van der Waals surface area contributed by atoms with Crippen molar-refractivity contribution >= 4 is 27.5 Å². The van der Waals surface area contributed by atoms with Crippen molar-refractivity contribution in [3.8, 4) is 5.75 Å². The zero-order chi connectivity index (χ0) is 19.5. The number of nitrogens with zero attached hydrogens (tertiary/aromatic N) is 1. The lowest BCUT2D eigenvalue weighted by Gasteiger charge is -2.47. The highest BCUT2D eigenvalue weighted by atomic mass is 32.2. The van der Waals surface area contributed by atoms with E-state index < -0.39 is 37.6 Å². The van der Waals surface area contributed by atoms with Gasteiger partial charge in [0.25, 0.3) is 0 Å². The van der Waals surface area contributed by atoms with Gasteiger partial charge in [0, 0.05) is 17.7 Å². The SMILES string of the molecule is CC1(C)C(NC(=O)O)=N[C@]2(C)c3cc(N)ccc3OCCC2(F)S1(=O)=O. The van der Waals surface area contributed by atoms with Crippen LogP contribution in [-0.2, 0) is 15.4 Å². The molecule has 0 radical (unpaired) electrons. The Morgan fingerprint density at radius 2 is 2.04 bits per heavy atom. The number of halogens is 1. The lowest BCUT2D eigenvalue weighted by molar-refractivity contribution is 0.128. The number of carboxylic acid groups (broad SMARTS) is 1. The first-order valence-corrected chi connectivity index (χ1v) is 9.41. The molecule has 0 bridgehead atoms. The standard InChI is InChI=1S/C16H20FN3O5S/c1-14(2)12(19-13(21)22)20-15(3)10-8-9(18)4-5-11(10)25-7-6-16(15,17)26(14,23)24/h4-5,8H,6-7,18H2,1-3H3,(H,19,20)(H,21,22)/t15-,16?/m1/s1. The number of amides is 1. The minimum atomic E-state index is -4.54. The largest absolute Gasteiger partial charge is 0.493 e. The first kappa shape index (κ1) is 18.4. The topological polar surface area (TPSA) is 131 Å². The van der Waals surface area contributed by atoms with Crippen molar-refractivity contribution < 1.29 is 27.4 Å². The molecule has 0 saturated carbocycles. The van der Waals surface area contributed by atoms with Gasteiger partial charge in [0.1, 0.15) is 21.9 Å². The van der Waals surface area contributed by atoms with Crippen LogP contribution in [0.1, 0.15) is 32.8 Å². The number of nitrogens with one attached hydrogen (secondary N) is 1. The number of amidine groups is 1. The summed E-state index contributed by atoms with van der Waals surface area (Å²) in [6, 6.07) is 4.48. The Hall–Kier alpha value is -2.36. The lowest BCUT2D eigenvalue weighted by Crippen LogP contribution is -2.66. The van der Waals surface area contributed by atoms with Gasteiger partial charge < -0.3 is 15.6 Å². The summed E-state index contributed by atoms with van der Waals surface area (Å²) in [4.78, 5) is 15.4. The highest BCUT2D eigenvalue weighted by Gasteiger charge is 2.69. The van der Waals surface area contributed by atoms with Crippen molar-refractivity contribution in [1.82, 2.24) is 5.32 Å². The van der Waals surface area contributed by atoms with Crippen molar-refractivity contribution in [2.24, 2.45) is 4.99 Å². The number of fused-ring (bicyclic) bond motifs is 3. The number of hydrogen-bond acceptors (Lipinski definition) is 6. The van der Waals surface area contributed by atoms with Crippen LogP contribution in [0.4, 0.5) is 14.9 Å². The van der Waals surface area contributed by atoms with Crippen LogP contribution in [0.15, 0.2) is 23.2 Å². The Kier molecular flexibility index (Phi) is 3.77. The highest BCUT2D eigenvalue weighted by molar-refractivity contribution is 7.94. The average Bonchev–Trinajstić information content (AvgIpc) is 2.63. The van der Waals surface area contributed by atoms with E-state index in [0.29, 0.717) is 0 Å². The molecule has 2 heterocycles. The second-order valence-corrected chi connectivity index (χ2v) is 9.73. The van der Waals surface area contributed by atoms with Crippen molar-refractivity contribution in [3.05, 3.63) is 23.8 Å². The minimum Gasteiger partial charge on any atom is -0.493 e. The van der Waals surface area contributed by atoms with Gasteiger partial charge in [-0.25, -0.2) is 17.6 Å². The zero-order valence-electron chi connectivity index (χ0n) is 14.5. The quantitative estimate of drug-likeness (QED) is 0.584. The maximum Gasteiger partial charge on any atom is 0.410 e. The molecule has 2 atom stereocenters. The Morgan fingerprint density at radius 1 is 1.38 bits per heavy atom. The van der Waals surface area contributed by atoms with Crippen molar-refractivity contribution in [1.29, 1.82) is 0 Å². The van der Waals surface area contributed by atoms with E-state index in [1.165, 1.54) is 32.9 Å². The fourth-order valence-electron chi connectivity index (χ4n) is 3.50. The fraction of sp³-hybridized carbons (Fsp3) is 0.500. The third-order valence-electron chi connectivity index (χ3n) is 5.17. The molecule has 0 fully saturated rings. The molecule has 0 aliphatic carbocycles. The molecule has 2 aliphatic heterocycles. The van der Waals surface area contributed by atoms with Crippen LogP contribution in [0.5, 0.6) is 5.75 Å². The number of ether oxygens (including phenoxy) is 1. The van der Waals surface area contributed by atoms with Crippen LogP contribution in [0, 0.1) is 0 Å². The highest BCUT2D eigenvalue weighted by Crippen LogP contribution is 2.56. The number of alkyl halides is 1. The molecule has 10 heteroatoms. The van der Waals surface area contributed by atoms with Crippen LogP contribution in [0.3, 0.4) is 0 Å². The molecule has 26 heavy (non-hydrogen) atoms. The predicted octanol–water partition coefficient (Wildman–Crippen LogP) is 1.81. The number of aliphatic imine (C=N–C) groups is 1. The molecule has 1 aromatic carbocycles. The van der Waals surface area contributed by atoms with E-state index >= 15 is 4.39 Å². The number of nitrogen functional groups attached to an aromatic ring is 1. The maximum absolute atomic E-state index is 16.3. The fourth-order valence-corrected chi connectivity index (χ4v) is 5.69. The average molecular weight is 385 g/mol. The van der Waals surface area contributed by atoms with Gasteiger partial charge >= 0.3 is 6.09 Å². The number of hydrogen-bond donors (Lipinski definition) is 3. The monoisotopic (exact) mass is 385 g/mol. The molecular weight excluding hydrogens is 365 g/mol. The Bertz CT molecular complexity index is 930. The molecule has 1 aromatic rings. The molecule has 1 amide bonds. The first-order valence-electron chi connectivity index (χ1n) is 7.93. The van der Waals surface area contributed by atoms with Gasteiger partial charge in [-0.15, -0.1) is 0 Å². The van der Waals surface area contributed by atoms with Gasteiger partial charge in [0.2, 0.25) is 5.00 Å². The van der Waals surface area contributed by atoms with Gasteiger partial charge in [-0.3, -0.25) is 10.3 Å². The number of carbonyl (C=O) groups is 1. The van der Waals surface area contributed by atoms with E-state index in [9.17, 15) is 13.2 Å². The number of sulfone groups is 1. The Labute approximate surface area is 150 Å². The van der Waals surface area contributed by atoms with E-state index in [0.717, 1.165) is 0 Å². The molecule has 142 valence electrons. The van der Waals surface area contributed by atoms with E-state index in [1.807, 2.05) is 5.32 Å². The van der Waals surface area contributed by atoms with Gasteiger partial charge in [-0.1, -0.05) is 0 Å². The van der Waals surface area contributed by atoms with Crippen LogP contribution in [0.2, 0.25) is 0 Å². The summed E-state index contributed by atoms with van der Waals surface area (Å²) in [6.45, 7) is 3.60. The Morgan fingerprint density at radius 3 is 2.65 bits per heavy atom. The summed E-state index contributed by atoms with van der Waals surface area (Å²) < 4.78 is 46.5. The molecule has 0 spiro atoms.